The lowest BCUT2D eigenvalue weighted by atomic mass is 9.96. The quantitative estimate of drug-likeness (QED) is 0.367. The number of tetrazole rings is 1. The normalized spacial score (nSPS) is 21.9. The molecule has 2 atom stereocenters. The van der Waals surface area contributed by atoms with Crippen molar-refractivity contribution in [3.8, 4) is 23.0 Å². The molecule has 0 bridgehead atoms. The van der Waals surface area contributed by atoms with Gasteiger partial charge in [0.25, 0.3) is 0 Å². The molecule has 1 aromatic carbocycles. The number of aromatic nitrogens is 5. The number of primary sulfonamides is 1. The van der Waals surface area contributed by atoms with Crippen LogP contribution < -0.4 is 14.6 Å². The van der Waals surface area contributed by atoms with E-state index < -0.39 is 20.5 Å². The number of ether oxygens (including phenoxy) is 3. The Bertz CT molecular complexity index is 1360. The second-order valence-corrected chi connectivity index (χ2v) is 9.30. The van der Waals surface area contributed by atoms with E-state index in [4.69, 9.17) is 19.3 Å². The number of dihydropyridines is 1. The molecule has 3 aromatic rings. The van der Waals surface area contributed by atoms with Gasteiger partial charge in [-0.05, 0) is 48.6 Å². The summed E-state index contributed by atoms with van der Waals surface area (Å²) in [6.45, 7) is 1.13. The van der Waals surface area contributed by atoms with Gasteiger partial charge in [0.05, 0.1) is 13.7 Å². The summed E-state index contributed by atoms with van der Waals surface area (Å²) >= 11 is 0. The minimum atomic E-state index is -4.41. The van der Waals surface area contributed by atoms with Crippen molar-refractivity contribution in [2.45, 2.75) is 17.4 Å². The van der Waals surface area contributed by atoms with E-state index in [0.29, 0.717) is 11.5 Å². The molecule has 0 radical (unpaired) electrons. The van der Waals surface area contributed by atoms with Gasteiger partial charge in [-0.1, -0.05) is 12.1 Å². The fourth-order valence-electron chi connectivity index (χ4n) is 3.50. The third-order valence-electron chi connectivity index (χ3n) is 5.22. The van der Waals surface area contributed by atoms with E-state index in [9.17, 15) is 13.5 Å². The van der Waals surface area contributed by atoms with Crippen molar-refractivity contribution in [2.75, 3.05) is 20.3 Å². The van der Waals surface area contributed by atoms with Gasteiger partial charge in [0, 0.05) is 11.8 Å². The van der Waals surface area contributed by atoms with E-state index in [0.717, 1.165) is 0 Å². The summed E-state index contributed by atoms with van der Waals surface area (Å²) in [6.07, 6.45) is 4.18. The number of aliphatic hydroxyl groups excluding tert-OH is 1. The van der Waals surface area contributed by atoms with E-state index in [-0.39, 0.29) is 36.2 Å². The van der Waals surface area contributed by atoms with Gasteiger partial charge in [0.2, 0.25) is 26.6 Å². The average Bonchev–Trinajstić information content (AvgIpc) is 3.38. The molecule has 0 fully saturated rings. The zero-order chi connectivity index (χ0) is 25.1. The predicted octanol–water partition coefficient (Wildman–Crippen LogP) is 0.526. The number of benzene rings is 1. The average molecular weight is 502 g/mol. The van der Waals surface area contributed by atoms with Gasteiger partial charge in [0.1, 0.15) is 12.3 Å². The molecule has 2 aromatic heterocycles. The molecule has 35 heavy (non-hydrogen) atoms. The minimum absolute atomic E-state index is 0.119. The standard InChI is InChI=1S/C21H23N7O6S/c1-20(34-17-6-4-3-5-16(17)32-2)8-9-21(35(22,30)31,24-19(20)33-12-11-29)14-7-10-23-15(13-14)18-25-27-28-26-18/h3-10,13,29H,11-12H2,1-2H3,(H2,22,30,31)(H,25,26,27,28). The summed E-state index contributed by atoms with van der Waals surface area (Å²) in [5.41, 5.74) is -0.948. The number of nitrogens with zero attached hydrogens (tertiary/aromatic N) is 5. The number of aliphatic imine (C=N–C) groups is 1. The SMILES string of the molecule is COc1ccccc1OC1(C)C=CC(c2ccnc(-c3nn[nH]n3)c2)(S(N)(=O)=O)N=C1OCCO. The molecule has 3 heterocycles. The summed E-state index contributed by atoms with van der Waals surface area (Å²) in [5, 5.41) is 28.6. The summed E-state index contributed by atoms with van der Waals surface area (Å²) in [4.78, 5) is 6.53. The van der Waals surface area contributed by atoms with Crippen molar-refractivity contribution < 1.29 is 27.7 Å². The smallest absolute Gasteiger partial charge is 0.243 e. The number of sulfonamides is 1. The number of pyridine rings is 1. The largest absolute Gasteiger partial charge is 0.493 e. The van der Waals surface area contributed by atoms with Gasteiger partial charge in [0.15, 0.2) is 17.1 Å². The maximum Gasteiger partial charge on any atom is 0.243 e. The first-order chi connectivity index (χ1) is 16.7. The maximum atomic E-state index is 13.0. The molecular weight excluding hydrogens is 478 g/mol. The third-order valence-corrected chi connectivity index (χ3v) is 6.55. The fraction of sp³-hybridized carbons (Fsp3) is 0.286. The van der Waals surface area contributed by atoms with Crippen LogP contribution >= 0.6 is 0 Å². The van der Waals surface area contributed by atoms with Crippen molar-refractivity contribution in [1.82, 2.24) is 25.6 Å². The van der Waals surface area contributed by atoms with Crippen LogP contribution in [0.2, 0.25) is 0 Å². The van der Waals surface area contributed by atoms with Crippen LogP contribution in [0.15, 0.2) is 59.7 Å². The highest BCUT2D eigenvalue weighted by atomic mass is 32.2. The Balaban J connectivity index is 1.84. The first-order valence-electron chi connectivity index (χ1n) is 10.3. The van der Waals surface area contributed by atoms with Crippen molar-refractivity contribution >= 4 is 15.9 Å². The number of hydrogen-bond donors (Lipinski definition) is 3. The van der Waals surface area contributed by atoms with Crippen molar-refractivity contribution in [3.05, 3.63) is 60.3 Å². The number of para-hydroxylation sites is 2. The minimum Gasteiger partial charge on any atom is -0.493 e. The van der Waals surface area contributed by atoms with E-state index in [1.54, 1.807) is 31.2 Å². The molecular formula is C21H23N7O6S. The Morgan fingerprint density at radius 2 is 1.94 bits per heavy atom. The number of H-pyrrole nitrogens is 1. The van der Waals surface area contributed by atoms with Crippen LogP contribution in [-0.4, -0.2) is 71.0 Å². The molecule has 13 nitrogen and oxygen atoms in total. The number of methoxy groups -OCH3 is 1. The number of nitrogens with one attached hydrogen (secondary N) is 1. The van der Waals surface area contributed by atoms with Crippen LogP contribution in [0.3, 0.4) is 0 Å². The third kappa shape index (κ3) is 4.58. The molecule has 1 aliphatic rings. The second kappa shape index (κ2) is 9.40. The zero-order valence-corrected chi connectivity index (χ0v) is 19.6. The van der Waals surface area contributed by atoms with Gasteiger partial charge in [-0.15, -0.1) is 10.2 Å². The summed E-state index contributed by atoms with van der Waals surface area (Å²) in [5.74, 6) is 0.854. The molecule has 0 saturated heterocycles. The Hall–Kier alpha value is -3.88. The highest BCUT2D eigenvalue weighted by molar-refractivity contribution is 7.90. The number of hydrogen-bond acceptors (Lipinski definition) is 11. The predicted molar refractivity (Wildman–Crippen MR) is 124 cm³/mol. The van der Waals surface area contributed by atoms with Gasteiger partial charge in [-0.2, -0.15) is 5.21 Å². The van der Waals surface area contributed by atoms with Crippen LogP contribution in [0, 0.1) is 0 Å². The molecule has 4 N–H and O–H groups in total. The van der Waals surface area contributed by atoms with Crippen molar-refractivity contribution in [1.29, 1.82) is 0 Å². The van der Waals surface area contributed by atoms with Crippen molar-refractivity contribution in [2.24, 2.45) is 10.1 Å². The summed E-state index contributed by atoms with van der Waals surface area (Å²) < 4.78 is 43.2. The molecule has 0 amide bonds. The number of rotatable bonds is 8. The number of aliphatic hydroxyl groups is 1. The van der Waals surface area contributed by atoms with Gasteiger partial charge < -0.3 is 19.3 Å². The van der Waals surface area contributed by atoms with E-state index >= 15 is 0 Å². The number of nitrogens with two attached hydrogens (primary N) is 1. The first-order valence-corrected chi connectivity index (χ1v) is 11.9. The molecule has 184 valence electrons. The molecule has 4 rings (SSSR count). The monoisotopic (exact) mass is 501 g/mol. The lowest BCUT2D eigenvalue weighted by Gasteiger charge is -2.36. The lowest BCUT2D eigenvalue weighted by Crippen LogP contribution is -2.49. The summed E-state index contributed by atoms with van der Waals surface area (Å²) in [7, 11) is -2.91. The van der Waals surface area contributed by atoms with Crippen molar-refractivity contribution in [3.63, 3.8) is 0 Å². The maximum absolute atomic E-state index is 13.0. The van der Waals surface area contributed by atoms with E-state index in [1.807, 2.05) is 0 Å². The second-order valence-electron chi connectivity index (χ2n) is 7.59. The molecule has 0 aliphatic carbocycles. The topological polar surface area (TPSA) is 188 Å². The van der Waals surface area contributed by atoms with Gasteiger partial charge in [-0.3, -0.25) is 4.98 Å². The zero-order valence-electron chi connectivity index (χ0n) is 18.8. The Morgan fingerprint density at radius 1 is 1.17 bits per heavy atom. The van der Waals surface area contributed by atoms with E-state index in [1.165, 1.54) is 37.6 Å². The number of aromatic amines is 1. The van der Waals surface area contributed by atoms with Gasteiger partial charge in [-0.25, -0.2) is 18.5 Å². The fourth-order valence-corrected chi connectivity index (χ4v) is 4.42. The molecule has 0 spiro atoms. The van der Waals surface area contributed by atoms with E-state index in [2.05, 4.69) is 30.6 Å². The van der Waals surface area contributed by atoms with Crippen LogP contribution in [-0.2, 0) is 19.6 Å². The Labute approximate surface area is 200 Å². The first kappa shape index (κ1) is 24.3. The highest BCUT2D eigenvalue weighted by Gasteiger charge is 2.49. The Morgan fingerprint density at radius 3 is 2.60 bits per heavy atom. The lowest BCUT2D eigenvalue weighted by molar-refractivity contribution is 0.131. The molecule has 0 saturated carbocycles. The summed E-state index contributed by atoms with van der Waals surface area (Å²) in [6, 6.07) is 9.82. The van der Waals surface area contributed by atoms with Crippen LogP contribution in [0.5, 0.6) is 11.5 Å². The molecule has 1 aliphatic heterocycles. The van der Waals surface area contributed by atoms with Crippen LogP contribution in [0.1, 0.15) is 12.5 Å². The highest BCUT2D eigenvalue weighted by Crippen LogP contribution is 2.40. The molecule has 14 heteroatoms. The van der Waals surface area contributed by atoms with Crippen LogP contribution in [0.4, 0.5) is 0 Å². The molecule has 2 unspecified atom stereocenters. The van der Waals surface area contributed by atoms with Crippen LogP contribution in [0.25, 0.3) is 11.5 Å². The van der Waals surface area contributed by atoms with Gasteiger partial charge >= 0.3 is 0 Å². The Kier molecular flexibility index (Phi) is 6.51.